The molecule has 1 N–H and O–H groups in total. The molecule has 86 valence electrons. The van der Waals surface area contributed by atoms with Crippen molar-refractivity contribution in [2.75, 3.05) is 32.1 Å². The Bertz CT molecular complexity index is 231. The average Bonchev–Trinajstić information content (AvgIpc) is 2.75. The standard InChI is InChI=1S/C9H17N3OS2/c1-2-13-6-3-4-10-5-7-14-9-12-11-8-15-9/h8,10H,2-7H2,1H3. The summed E-state index contributed by atoms with van der Waals surface area (Å²) in [6, 6.07) is 0. The molecule has 0 bridgehead atoms. The molecule has 0 aliphatic carbocycles. The lowest BCUT2D eigenvalue weighted by Gasteiger charge is -2.03. The summed E-state index contributed by atoms with van der Waals surface area (Å²) in [5.74, 6) is 1.05. The maximum atomic E-state index is 5.24. The fourth-order valence-electron chi connectivity index (χ4n) is 1.00. The van der Waals surface area contributed by atoms with Gasteiger partial charge in [-0.2, -0.15) is 0 Å². The fraction of sp³-hybridized carbons (Fsp3) is 0.778. The van der Waals surface area contributed by atoms with Gasteiger partial charge in [-0.25, -0.2) is 0 Å². The summed E-state index contributed by atoms with van der Waals surface area (Å²) >= 11 is 3.34. The van der Waals surface area contributed by atoms with Crippen LogP contribution in [-0.4, -0.2) is 42.3 Å². The zero-order chi connectivity index (χ0) is 10.8. The number of hydrogen-bond acceptors (Lipinski definition) is 6. The van der Waals surface area contributed by atoms with Crippen molar-refractivity contribution < 1.29 is 4.74 Å². The molecule has 0 saturated heterocycles. The molecule has 1 rings (SSSR count). The quantitative estimate of drug-likeness (QED) is 0.531. The molecule has 0 radical (unpaired) electrons. The highest BCUT2D eigenvalue weighted by Crippen LogP contribution is 2.17. The van der Waals surface area contributed by atoms with Crippen molar-refractivity contribution in [2.45, 2.75) is 17.7 Å². The molecule has 1 heterocycles. The lowest BCUT2D eigenvalue weighted by molar-refractivity contribution is 0.145. The van der Waals surface area contributed by atoms with Crippen molar-refractivity contribution in [1.82, 2.24) is 15.5 Å². The molecule has 0 saturated carbocycles. The largest absolute Gasteiger partial charge is 0.382 e. The van der Waals surface area contributed by atoms with Gasteiger partial charge in [0.2, 0.25) is 0 Å². The summed E-state index contributed by atoms with van der Waals surface area (Å²) in [6.07, 6.45) is 1.08. The van der Waals surface area contributed by atoms with Gasteiger partial charge in [0.15, 0.2) is 4.34 Å². The first kappa shape index (κ1) is 12.9. The smallest absolute Gasteiger partial charge is 0.174 e. The normalized spacial score (nSPS) is 10.7. The van der Waals surface area contributed by atoms with E-state index in [-0.39, 0.29) is 0 Å². The molecule has 0 aliphatic heterocycles. The van der Waals surface area contributed by atoms with Crippen molar-refractivity contribution in [3.05, 3.63) is 5.51 Å². The predicted molar refractivity (Wildman–Crippen MR) is 64.6 cm³/mol. The molecule has 6 heteroatoms. The Morgan fingerprint density at radius 3 is 3.20 bits per heavy atom. The molecular weight excluding hydrogens is 230 g/mol. The number of nitrogens with one attached hydrogen (secondary N) is 1. The van der Waals surface area contributed by atoms with Crippen LogP contribution >= 0.6 is 23.1 Å². The van der Waals surface area contributed by atoms with E-state index in [2.05, 4.69) is 15.5 Å². The molecule has 4 nitrogen and oxygen atoms in total. The Labute approximate surface area is 98.8 Å². The lowest BCUT2D eigenvalue weighted by atomic mass is 10.4. The molecule has 1 aromatic rings. The Balaban J connectivity index is 1.81. The van der Waals surface area contributed by atoms with Crippen molar-refractivity contribution >= 4 is 23.1 Å². The summed E-state index contributed by atoms with van der Waals surface area (Å²) in [7, 11) is 0. The van der Waals surface area contributed by atoms with Crippen LogP contribution in [0.25, 0.3) is 0 Å². The van der Waals surface area contributed by atoms with Crippen LogP contribution in [0.5, 0.6) is 0 Å². The van der Waals surface area contributed by atoms with E-state index in [1.807, 2.05) is 6.92 Å². The molecule has 1 aromatic heterocycles. The van der Waals surface area contributed by atoms with Gasteiger partial charge in [0, 0.05) is 25.5 Å². The van der Waals surface area contributed by atoms with E-state index in [1.165, 1.54) is 0 Å². The minimum atomic E-state index is 0.812. The third kappa shape index (κ3) is 6.83. The van der Waals surface area contributed by atoms with Crippen LogP contribution in [0.4, 0.5) is 0 Å². The summed E-state index contributed by atoms with van der Waals surface area (Å²) in [5, 5.41) is 11.1. The first-order valence-corrected chi connectivity index (χ1v) is 6.97. The van der Waals surface area contributed by atoms with Crippen LogP contribution in [0.3, 0.4) is 0 Å². The maximum Gasteiger partial charge on any atom is 0.174 e. The van der Waals surface area contributed by atoms with E-state index in [1.54, 1.807) is 28.6 Å². The number of ether oxygens (including phenoxy) is 1. The first-order chi connectivity index (χ1) is 7.43. The van der Waals surface area contributed by atoms with Crippen LogP contribution in [0.15, 0.2) is 9.85 Å². The van der Waals surface area contributed by atoms with Gasteiger partial charge in [0.25, 0.3) is 0 Å². The number of aromatic nitrogens is 2. The van der Waals surface area contributed by atoms with E-state index in [0.717, 1.165) is 42.8 Å². The minimum absolute atomic E-state index is 0.812. The van der Waals surface area contributed by atoms with E-state index in [9.17, 15) is 0 Å². The monoisotopic (exact) mass is 247 g/mol. The van der Waals surface area contributed by atoms with Crippen LogP contribution in [0, 0.1) is 0 Å². The van der Waals surface area contributed by atoms with Crippen molar-refractivity contribution in [2.24, 2.45) is 0 Å². The second-order valence-corrected chi connectivity index (χ2v) is 5.03. The van der Waals surface area contributed by atoms with Gasteiger partial charge in [0.1, 0.15) is 5.51 Å². The Kier molecular flexibility index (Phi) is 7.81. The molecule has 0 unspecified atom stereocenters. The maximum absolute atomic E-state index is 5.24. The molecule has 0 atom stereocenters. The number of rotatable bonds is 9. The summed E-state index contributed by atoms with van der Waals surface area (Å²) in [4.78, 5) is 0. The van der Waals surface area contributed by atoms with Gasteiger partial charge in [-0.05, 0) is 19.9 Å². The predicted octanol–water partition coefficient (Wildman–Crippen LogP) is 1.65. The third-order valence-electron chi connectivity index (χ3n) is 1.69. The first-order valence-electron chi connectivity index (χ1n) is 5.11. The van der Waals surface area contributed by atoms with Gasteiger partial charge in [-0.3, -0.25) is 0 Å². The number of thioether (sulfide) groups is 1. The Hall–Kier alpha value is -0.170. The van der Waals surface area contributed by atoms with Crippen LogP contribution in [-0.2, 0) is 4.74 Å². The topological polar surface area (TPSA) is 47.0 Å². The summed E-state index contributed by atoms with van der Waals surface area (Å²) in [5.41, 5.74) is 1.76. The molecule has 0 aromatic carbocycles. The fourth-order valence-corrected chi connectivity index (χ4v) is 2.46. The van der Waals surface area contributed by atoms with Gasteiger partial charge in [-0.1, -0.05) is 23.1 Å². The second-order valence-electron chi connectivity index (χ2n) is 2.85. The molecule has 15 heavy (non-hydrogen) atoms. The van der Waals surface area contributed by atoms with Crippen LogP contribution < -0.4 is 5.32 Å². The highest BCUT2D eigenvalue weighted by molar-refractivity contribution is 8.01. The third-order valence-corrected chi connectivity index (χ3v) is 3.55. The Morgan fingerprint density at radius 2 is 2.47 bits per heavy atom. The zero-order valence-electron chi connectivity index (χ0n) is 8.94. The highest BCUT2D eigenvalue weighted by Gasteiger charge is 1.96. The molecule has 0 spiro atoms. The minimum Gasteiger partial charge on any atom is -0.382 e. The lowest BCUT2D eigenvalue weighted by Crippen LogP contribution is -2.19. The van der Waals surface area contributed by atoms with Crippen molar-refractivity contribution in [3.8, 4) is 0 Å². The van der Waals surface area contributed by atoms with Gasteiger partial charge in [-0.15, -0.1) is 10.2 Å². The molecular formula is C9H17N3OS2. The van der Waals surface area contributed by atoms with Crippen molar-refractivity contribution in [3.63, 3.8) is 0 Å². The second kappa shape index (κ2) is 9.08. The van der Waals surface area contributed by atoms with E-state index < -0.39 is 0 Å². The summed E-state index contributed by atoms with van der Waals surface area (Å²) in [6.45, 7) is 5.72. The SMILES string of the molecule is CCOCCCNCCSc1nncs1. The Morgan fingerprint density at radius 1 is 1.53 bits per heavy atom. The van der Waals surface area contributed by atoms with E-state index >= 15 is 0 Å². The van der Waals surface area contributed by atoms with Crippen LogP contribution in [0.2, 0.25) is 0 Å². The molecule has 0 aliphatic rings. The van der Waals surface area contributed by atoms with Gasteiger partial charge in [0.05, 0.1) is 0 Å². The van der Waals surface area contributed by atoms with Gasteiger partial charge >= 0.3 is 0 Å². The van der Waals surface area contributed by atoms with E-state index in [0.29, 0.717) is 0 Å². The average molecular weight is 247 g/mol. The van der Waals surface area contributed by atoms with Crippen LogP contribution in [0.1, 0.15) is 13.3 Å². The van der Waals surface area contributed by atoms with E-state index in [4.69, 9.17) is 4.74 Å². The highest BCUT2D eigenvalue weighted by atomic mass is 32.2. The van der Waals surface area contributed by atoms with Gasteiger partial charge < -0.3 is 10.1 Å². The number of hydrogen-bond donors (Lipinski definition) is 1. The number of nitrogens with zero attached hydrogens (tertiary/aromatic N) is 2. The molecule has 0 fully saturated rings. The summed E-state index contributed by atoms with van der Waals surface area (Å²) < 4.78 is 6.28. The molecule has 0 amide bonds. The zero-order valence-corrected chi connectivity index (χ0v) is 10.6. The van der Waals surface area contributed by atoms with Crippen molar-refractivity contribution in [1.29, 1.82) is 0 Å².